The van der Waals surface area contributed by atoms with E-state index in [2.05, 4.69) is 97.6 Å². The molecule has 0 unspecified atom stereocenters. The van der Waals surface area contributed by atoms with Gasteiger partial charge in [0, 0.05) is 17.7 Å². The summed E-state index contributed by atoms with van der Waals surface area (Å²) in [5.41, 5.74) is 8.79. The largest absolute Gasteiger partial charge is 0.673 e. The first-order valence-electron chi connectivity index (χ1n) is 11.6. The summed E-state index contributed by atoms with van der Waals surface area (Å²) >= 11 is 0. The molecule has 3 aliphatic rings. The summed E-state index contributed by atoms with van der Waals surface area (Å²) in [5.74, 6) is 1.77. The van der Waals surface area contributed by atoms with Gasteiger partial charge < -0.3 is 22.0 Å². The minimum atomic E-state index is -6.00. The van der Waals surface area contributed by atoms with Gasteiger partial charge in [-0.2, -0.15) is 0 Å². The molecule has 2 nitrogen and oxygen atoms in total. The van der Waals surface area contributed by atoms with Crippen molar-refractivity contribution in [2.24, 2.45) is 0 Å². The second-order valence-corrected chi connectivity index (χ2v) is 8.75. The highest BCUT2D eigenvalue weighted by Crippen LogP contribution is 2.38. The quantitative estimate of drug-likeness (QED) is 0.244. The fraction of sp³-hybridized carbons (Fsp3) is 0.138. The van der Waals surface area contributed by atoms with E-state index in [1.54, 1.807) is 0 Å². The molecule has 2 aliphatic carbocycles. The van der Waals surface area contributed by atoms with Crippen LogP contribution in [0, 0.1) is 0 Å². The van der Waals surface area contributed by atoms with Crippen molar-refractivity contribution in [2.45, 2.75) is 12.8 Å². The maximum Gasteiger partial charge on any atom is 0.673 e. The first-order chi connectivity index (χ1) is 17.2. The van der Waals surface area contributed by atoms with Gasteiger partial charge in [0.2, 0.25) is 0 Å². The van der Waals surface area contributed by atoms with Gasteiger partial charge in [-0.25, -0.2) is 4.58 Å². The number of hydrogen-bond donors (Lipinski definition) is 0. The van der Waals surface area contributed by atoms with E-state index >= 15 is 0 Å². The van der Waals surface area contributed by atoms with Crippen molar-refractivity contribution < 1.29 is 26.6 Å². The molecule has 0 saturated heterocycles. The van der Waals surface area contributed by atoms with Crippen molar-refractivity contribution >= 4 is 24.3 Å². The van der Waals surface area contributed by atoms with Crippen LogP contribution in [0.2, 0.25) is 0 Å². The zero-order valence-electron chi connectivity index (χ0n) is 20.1. The van der Waals surface area contributed by atoms with Gasteiger partial charge in [0.1, 0.15) is 25.6 Å². The molecule has 184 valence electrons. The molecule has 2 aromatic carbocycles. The Hall–Kier alpha value is -3.87. The van der Waals surface area contributed by atoms with E-state index in [1.807, 2.05) is 18.2 Å². The van der Waals surface area contributed by atoms with Crippen LogP contribution in [0.25, 0.3) is 11.3 Å². The molecule has 0 bridgehead atoms. The molecule has 1 aliphatic heterocycles. The average Bonchev–Trinajstić information content (AvgIpc) is 3.26. The lowest BCUT2D eigenvalue weighted by Crippen LogP contribution is -2.11. The number of halogens is 4. The van der Waals surface area contributed by atoms with Crippen LogP contribution in [0.5, 0.6) is 0 Å². The van der Waals surface area contributed by atoms with Crippen molar-refractivity contribution in [1.82, 2.24) is 0 Å². The maximum absolute atomic E-state index is 9.75. The van der Waals surface area contributed by atoms with Gasteiger partial charge in [0.25, 0.3) is 0 Å². The van der Waals surface area contributed by atoms with E-state index in [0.29, 0.717) is 0 Å². The van der Waals surface area contributed by atoms with Crippen LogP contribution in [0.4, 0.5) is 17.3 Å². The monoisotopic (exact) mass is 491 g/mol. The number of allylic oxidation sites excluding steroid dienone is 10. The van der Waals surface area contributed by atoms with Gasteiger partial charge >= 0.3 is 7.25 Å². The van der Waals surface area contributed by atoms with Crippen LogP contribution in [0.15, 0.2) is 120 Å². The summed E-state index contributed by atoms with van der Waals surface area (Å²) in [6, 6.07) is 20.8. The predicted molar refractivity (Wildman–Crippen MR) is 139 cm³/mol. The first-order valence-corrected chi connectivity index (χ1v) is 11.6. The predicted octanol–water partition coefficient (Wildman–Crippen LogP) is 7.62. The van der Waals surface area contributed by atoms with E-state index in [9.17, 15) is 17.3 Å². The number of nitrogens with zero attached hydrogens (tertiary/aromatic N) is 1. The number of fused-ring (bicyclic) bond motifs is 1. The molecule has 0 N–H and O–H groups in total. The van der Waals surface area contributed by atoms with Crippen LogP contribution in [0.3, 0.4) is 0 Å². The lowest BCUT2D eigenvalue weighted by Gasteiger charge is -2.19. The summed E-state index contributed by atoms with van der Waals surface area (Å²) in [7, 11) is -1.82. The molecule has 0 fully saturated rings. The summed E-state index contributed by atoms with van der Waals surface area (Å²) in [4.78, 5) is 0. The Labute approximate surface area is 208 Å². The minimum Gasteiger partial charge on any atom is -0.457 e. The minimum absolute atomic E-state index is 0.884. The Morgan fingerprint density at radius 1 is 0.778 bits per heavy atom. The highest BCUT2D eigenvalue weighted by molar-refractivity contribution is 6.50. The van der Waals surface area contributed by atoms with E-state index in [-0.39, 0.29) is 0 Å². The van der Waals surface area contributed by atoms with Crippen LogP contribution >= 0.6 is 0 Å². The Morgan fingerprint density at radius 3 is 2.00 bits per heavy atom. The van der Waals surface area contributed by atoms with Crippen molar-refractivity contribution in [2.75, 3.05) is 14.1 Å². The molecule has 0 spiro atoms. The normalized spacial score (nSPS) is 18.0. The Kier molecular flexibility index (Phi) is 7.58. The highest BCUT2D eigenvalue weighted by Gasteiger charge is 2.23. The zero-order valence-corrected chi connectivity index (χ0v) is 20.1. The molecule has 7 heteroatoms. The Bertz CT molecular complexity index is 1330. The van der Waals surface area contributed by atoms with Gasteiger partial charge in [-0.15, -0.1) is 0 Å². The molecule has 36 heavy (non-hydrogen) atoms. The Balaban J connectivity index is 0.000000556. The van der Waals surface area contributed by atoms with Crippen LogP contribution in [-0.2, 0) is 4.74 Å². The van der Waals surface area contributed by atoms with Crippen molar-refractivity contribution in [3.05, 3.63) is 131 Å². The fourth-order valence-electron chi connectivity index (χ4n) is 4.24. The third-order valence-corrected chi connectivity index (χ3v) is 5.91. The van der Waals surface area contributed by atoms with E-state index in [4.69, 9.17) is 4.74 Å². The molecular weight excluding hydrogens is 465 g/mol. The number of ether oxygens (including phenoxy) is 1. The molecule has 0 atom stereocenters. The topological polar surface area (TPSA) is 12.2 Å². The second-order valence-electron chi connectivity index (χ2n) is 8.75. The van der Waals surface area contributed by atoms with Gasteiger partial charge in [-0.1, -0.05) is 60.7 Å². The summed E-state index contributed by atoms with van der Waals surface area (Å²) in [6.45, 7) is 0. The van der Waals surface area contributed by atoms with Gasteiger partial charge in [-0.05, 0) is 65.0 Å². The third kappa shape index (κ3) is 6.63. The molecule has 5 rings (SSSR count). The molecule has 0 aromatic heterocycles. The van der Waals surface area contributed by atoms with Crippen LogP contribution in [0.1, 0.15) is 24.0 Å². The van der Waals surface area contributed by atoms with Crippen LogP contribution < -0.4 is 0 Å². The number of benzene rings is 2. The van der Waals surface area contributed by atoms with Gasteiger partial charge in [0.05, 0.1) is 0 Å². The van der Waals surface area contributed by atoms with Crippen molar-refractivity contribution in [3.63, 3.8) is 0 Å². The van der Waals surface area contributed by atoms with E-state index in [1.165, 1.54) is 33.6 Å². The van der Waals surface area contributed by atoms with Crippen molar-refractivity contribution in [1.29, 1.82) is 0 Å². The van der Waals surface area contributed by atoms with Gasteiger partial charge in [0.15, 0.2) is 5.71 Å². The standard InChI is InChI=1S/C29H26NO.BF4/c1-30(2)26-15-16-28-23(17-26)13-14-24(28)18-27-19-25(21-9-5-3-6-10-21)20-29(31-27)22-11-7-4-8-12-22;2-1(3,4)5/h3-12,15-20H,13-14H2,1-2H3;/q+1;-1/b27-18-;. The summed E-state index contributed by atoms with van der Waals surface area (Å²) in [5, 5.41) is 0. The molecule has 0 saturated carbocycles. The maximum atomic E-state index is 9.75. The summed E-state index contributed by atoms with van der Waals surface area (Å²) in [6.07, 6.45) is 15.4. The zero-order chi connectivity index (χ0) is 25.7. The summed E-state index contributed by atoms with van der Waals surface area (Å²) < 4.78 is 47.5. The SMILES string of the molecule is C[N+](C)=C1C=CC2=C(/C=C3/C=C(c4ccccc4)C=C(c4ccccc4)O3)CCC2=C1.F[B-](F)(F)F. The van der Waals surface area contributed by atoms with E-state index in [0.717, 1.165) is 29.9 Å². The smallest absolute Gasteiger partial charge is 0.457 e. The third-order valence-electron chi connectivity index (χ3n) is 5.91. The lowest BCUT2D eigenvalue weighted by molar-refractivity contribution is -0.462. The molecule has 1 heterocycles. The highest BCUT2D eigenvalue weighted by atomic mass is 19.5. The lowest BCUT2D eigenvalue weighted by atomic mass is 9.98. The molecule has 0 amide bonds. The van der Waals surface area contributed by atoms with Gasteiger partial charge in [-0.3, -0.25) is 0 Å². The molecule has 0 radical (unpaired) electrons. The first kappa shape index (κ1) is 25.2. The van der Waals surface area contributed by atoms with Crippen molar-refractivity contribution in [3.8, 4) is 0 Å². The van der Waals surface area contributed by atoms with E-state index < -0.39 is 7.25 Å². The number of rotatable bonds is 3. The fourth-order valence-corrected chi connectivity index (χ4v) is 4.24. The number of hydrogen-bond acceptors (Lipinski definition) is 1. The Morgan fingerprint density at radius 2 is 1.39 bits per heavy atom. The molecular formula is C29H26BF4NO. The average molecular weight is 491 g/mol. The molecule has 2 aromatic rings. The van der Waals surface area contributed by atoms with Crippen LogP contribution in [-0.4, -0.2) is 31.6 Å². The second kappa shape index (κ2) is 10.8.